The molecule has 4 heteroatoms. The highest BCUT2D eigenvalue weighted by Gasteiger charge is 2.09. The first-order valence-corrected chi connectivity index (χ1v) is 6.77. The van der Waals surface area contributed by atoms with Crippen LogP contribution < -0.4 is 0 Å². The Morgan fingerprint density at radius 2 is 1.95 bits per heavy atom. The number of fused-ring (bicyclic) bond motifs is 1. The Kier molecular flexibility index (Phi) is 3.36. The summed E-state index contributed by atoms with van der Waals surface area (Å²) in [6, 6.07) is 12.1. The Bertz CT molecular complexity index is 787. The summed E-state index contributed by atoms with van der Waals surface area (Å²) < 4.78 is 13.3. The molecule has 20 heavy (non-hydrogen) atoms. The second-order valence-corrected chi connectivity index (χ2v) is 4.91. The van der Waals surface area contributed by atoms with E-state index in [0.717, 1.165) is 17.3 Å². The molecule has 1 aromatic heterocycles. The van der Waals surface area contributed by atoms with Crippen molar-refractivity contribution in [2.75, 3.05) is 0 Å². The predicted octanol–water partition coefficient (Wildman–Crippen LogP) is 4.65. The summed E-state index contributed by atoms with van der Waals surface area (Å²) in [4.78, 5) is 8.74. The van der Waals surface area contributed by atoms with Crippen LogP contribution in [0, 0.1) is 5.82 Å². The number of rotatable bonds is 2. The van der Waals surface area contributed by atoms with Gasteiger partial charge in [0.15, 0.2) is 5.82 Å². The predicted molar refractivity (Wildman–Crippen MR) is 79.3 cm³/mol. The SMILES string of the molecule is CCc1ccc2nc(-c3cccc(F)c3)nc(Cl)c2c1. The van der Waals surface area contributed by atoms with Gasteiger partial charge in [0.2, 0.25) is 0 Å². The third kappa shape index (κ3) is 2.37. The summed E-state index contributed by atoms with van der Waals surface area (Å²) in [5.41, 5.74) is 2.57. The lowest BCUT2D eigenvalue weighted by Crippen LogP contribution is -1.93. The van der Waals surface area contributed by atoms with Gasteiger partial charge >= 0.3 is 0 Å². The van der Waals surface area contributed by atoms with E-state index >= 15 is 0 Å². The Labute approximate surface area is 121 Å². The number of benzene rings is 2. The van der Waals surface area contributed by atoms with E-state index in [0.29, 0.717) is 16.5 Å². The Balaban J connectivity index is 2.19. The lowest BCUT2D eigenvalue weighted by atomic mass is 10.1. The van der Waals surface area contributed by atoms with Crippen molar-refractivity contribution in [3.05, 3.63) is 59.0 Å². The van der Waals surface area contributed by atoms with E-state index in [-0.39, 0.29) is 5.82 Å². The van der Waals surface area contributed by atoms with Gasteiger partial charge in [0, 0.05) is 10.9 Å². The molecule has 2 nitrogen and oxygen atoms in total. The average molecular weight is 287 g/mol. The van der Waals surface area contributed by atoms with E-state index in [2.05, 4.69) is 16.9 Å². The van der Waals surface area contributed by atoms with E-state index in [1.165, 1.54) is 17.7 Å². The first-order chi connectivity index (χ1) is 9.67. The highest BCUT2D eigenvalue weighted by Crippen LogP contribution is 2.26. The summed E-state index contributed by atoms with van der Waals surface area (Å²) in [6.07, 6.45) is 0.928. The van der Waals surface area contributed by atoms with Gasteiger partial charge in [0.05, 0.1) is 5.52 Å². The fourth-order valence-electron chi connectivity index (χ4n) is 2.11. The topological polar surface area (TPSA) is 25.8 Å². The second-order valence-electron chi connectivity index (χ2n) is 4.55. The lowest BCUT2D eigenvalue weighted by Gasteiger charge is -2.06. The summed E-state index contributed by atoms with van der Waals surface area (Å²) >= 11 is 6.24. The highest BCUT2D eigenvalue weighted by molar-refractivity contribution is 6.34. The third-order valence-corrected chi connectivity index (χ3v) is 3.49. The number of halogens is 2. The smallest absolute Gasteiger partial charge is 0.161 e. The molecule has 0 aliphatic carbocycles. The maximum Gasteiger partial charge on any atom is 0.161 e. The molecule has 0 spiro atoms. The number of nitrogens with zero attached hydrogens (tertiary/aromatic N) is 2. The Morgan fingerprint density at radius 1 is 1.10 bits per heavy atom. The summed E-state index contributed by atoms with van der Waals surface area (Å²) in [5, 5.41) is 1.22. The van der Waals surface area contributed by atoms with Crippen LogP contribution in [0.15, 0.2) is 42.5 Å². The van der Waals surface area contributed by atoms with Gasteiger partial charge < -0.3 is 0 Å². The Morgan fingerprint density at radius 3 is 2.70 bits per heavy atom. The van der Waals surface area contributed by atoms with Crippen LogP contribution in [-0.2, 0) is 6.42 Å². The summed E-state index contributed by atoms with van der Waals surface area (Å²) in [5.74, 6) is 0.120. The van der Waals surface area contributed by atoms with Crippen molar-refractivity contribution in [3.63, 3.8) is 0 Å². The minimum atomic E-state index is -0.316. The monoisotopic (exact) mass is 286 g/mol. The van der Waals surface area contributed by atoms with Gasteiger partial charge in [-0.3, -0.25) is 0 Å². The molecule has 3 aromatic rings. The molecule has 0 radical (unpaired) electrons. The Hall–Kier alpha value is -2.00. The standard InChI is InChI=1S/C16H12ClFN2/c1-2-10-6-7-14-13(8-10)15(17)20-16(19-14)11-4-3-5-12(18)9-11/h3-9H,2H2,1H3. The molecule has 0 aliphatic heterocycles. The van der Waals surface area contributed by atoms with E-state index in [4.69, 9.17) is 11.6 Å². The van der Waals surface area contributed by atoms with Crippen molar-refractivity contribution in [2.24, 2.45) is 0 Å². The molecule has 0 saturated heterocycles. The molecule has 0 N–H and O–H groups in total. The molecule has 0 bridgehead atoms. The zero-order chi connectivity index (χ0) is 14.1. The van der Waals surface area contributed by atoms with Crippen molar-refractivity contribution < 1.29 is 4.39 Å². The first-order valence-electron chi connectivity index (χ1n) is 6.39. The molecule has 0 fully saturated rings. The van der Waals surface area contributed by atoms with Crippen LogP contribution in [0.2, 0.25) is 5.15 Å². The molecule has 0 saturated carbocycles. The maximum absolute atomic E-state index is 13.3. The van der Waals surface area contributed by atoms with E-state index < -0.39 is 0 Å². The van der Waals surface area contributed by atoms with Gasteiger partial charge in [0.1, 0.15) is 11.0 Å². The van der Waals surface area contributed by atoms with Gasteiger partial charge in [-0.1, -0.05) is 36.7 Å². The average Bonchev–Trinajstić information content (AvgIpc) is 2.47. The molecule has 100 valence electrons. The zero-order valence-electron chi connectivity index (χ0n) is 10.9. The van der Waals surface area contributed by atoms with Crippen LogP contribution in [0.25, 0.3) is 22.3 Å². The number of aryl methyl sites for hydroxylation is 1. The fourth-order valence-corrected chi connectivity index (χ4v) is 2.35. The van der Waals surface area contributed by atoms with Crippen LogP contribution in [0.4, 0.5) is 4.39 Å². The largest absolute Gasteiger partial charge is 0.228 e. The van der Waals surface area contributed by atoms with Crippen LogP contribution in [0.5, 0.6) is 0 Å². The molecular weight excluding hydrogens is 275 g/mol. The fraction of sp³-hybridized carbons (Fsp3) is 0.125. The van der Waals surface area contributed by atoms with Crippen LogP contribution >= 0.6 is 11.6 Å². The number of hydrogen-bond donors (Lipinski definition) is 0. The van der Waals surface area contributed by atoms with Crippen molar-refractivity contribution in [2.45, 2.75) is 13.3 Å². The molecule has 3 rings (SSSR count). The molecular formula is C16H12ClFN2. The van der Waals surface area contributed by atoms with Crippen molar-refractivity contribution in [1.82, 2.24) is 9.97 Å². The van der Waals surface area contributed by atoms with Crippen molar-refractivity contribution in [3.8, 4) is 11.4 Å². The molecule has 0 amide bonds. The van der Waals surface area contributed by atoms with Crippen LogP contribution in [0.3, 0.4) is 0 Å². The second kappa shape index (κ2) is 5.17. The first kappa shape index (κ1) is 13.0. The summed E-state index contributed by atoms with van der Waals surface area (Å²) in [6.45, 7) is 2.08. The minimum Gasteiger partial charge on any atom is -0.228 e. The van der Waals surface area contributed by atoms with E-state index in [9.17, 15) is 4.39 Å². The third-order valence-electron chi connectivity index (χ3n) is 3.20. The number of hydrogen-bond acceptors (Lipinski definition) is 2. The van der Waals surface area contributed by atoms with Crippen molar-refractivity contribution in [1.29, 1.82) is 0 Å². The van der Waals surface area contributed by atoms with E-state index in [1.807, 2.05) is 18.2 Å². The van der Waals surface area contributed by atoms with Gasteiger partial charge in [-0.25, -0.2) is 14.4 Å². The van der Waals surface area contributed by atoms with Gasteiger partial charge in [0.25, 0.3) is 0 Å². The van der Waals surface area contributed by atoms with E-state index in [1.54, 1.807) is 12.1 Å². The van der Waals surface area contributed by atoms with Crippen molar-refractivity contribution >= 4 is 22.5 Å². The molecule has 1 heterocycles. The minimum absolute atomic E-state index is 0.316. The van der Waals surface area contributed by atoms with Gasteiger partial charge in [-0.2, -0.15) is 0 Å². The van der Waals surface area contributed by atoms with Crippen LogP contribution in [-0.4, -0.2) is 9.97 Å². The molecule has 0 aliphatic rings. The molecule has 0 unspecified atom stereocenters. The normalized spacial score (nSPS) is 10.9. The zero-order valence-corrected chi connectivity index (χ0v) is 11.7. The quantitative estimate of drug-likeness (QED) is 0.641. The molecule has 2 aromatic carbocycles. The highest BCUT2D eigenvalue weighted by atomic mass is 35.5. The van der Waals surface area contributed by atoms with Gasteiger partial charge in [-0.15, -0.1) is 0 Å². The van der Waals surface area contributed by atoms with Gasteiger partial charge in [-0.05, 0) is 36.2 Å². The summed E-state index contributed by atoms with van der Waals surface area (Å²) in [7, 11) is 0. The molecule has 0 atom stereocenters. The number of aromatic nitrogens is 2. The lowest BCUT2D eigenvalue weighted by molar-refractivity contribution is 0.628. The maximum atomic E-state index is 13.3. The van der Waals surface area contributed by atoms with Crippen LogP contribution in [0.1, 0.15) is 12.5 Å².